The quantitative estimate of drug-likeness (QED) is 0.744. The van der Waals surface area contributed by atoms with Crippen molar-refractivity contribution in [3.63, 3.8) is 0 Å². The number of amides is 1. The van der Waals surface area contributed by atoms with Crippen LogP contribution in [0.15, 0.2) is 47.6 Å². The first-order valence-corrected chi connectivity index (χ1v) is 9.08. The van der Waals surface area contributed by atoms with E-state index in [9.17, 15) is 4.79 Å². The van der Waals surface area contributed by atoms with E-state index in [1.807, 2.05) is 35.9 Å². The Balaban J connectivity index is 1.35. The number of hydrogen-bond acceptors (Lipinski definition) is 6. The third-order valence-corrected chi connectivity index (χ3v) is 4.92. The Bertz CT molecular complexity index is 897. The molecule has 140 valence electrons. The van der Waals surface area contributed by atoms with Crippen LogP contribution in [0.1, 0.15) is 24.4 Å². The molecule has 1 N–H and O–H groups in total. The van der Waals surface area contributed by atoms with Crippen molar-refractivity contribution in [3.05, 3.63) is 54.8 Å². The van der Waals surface area contributed by atoms with Crippen LogP contribution in [0, 0.1) is 12.8 Å². The van der Waals surface area contributed by atoms with Crippen molar-refractivity contribution >= 4 is 11.7 Å². The second-order valence-electron chi connectivity index (χ2n) is 6.64. The summed E-state index contributed by atoms with van der Waals surface area (Å²) < 4.78 is 7.18. The lowest BCUT2D eigenvalue weighted by atomic mass is 9.96. The predicted octanol–water partition coefficient (Wildman–Crippen LogP) is 2.10. The summed E-state index contributed by atoms with van der Waals surface area (Å²) in [6, 6.07) is 5.64. The first-order chi connectivity index (χ1) is 13.2. The van der Waals surface area contributed by atoms with Crippen LogP contribution in [0.4, 0.5) is 5.82 Å². The van der Waals surface area contributed by atoms with Crippen molar-refractivity contribution in [3.8, 4) is 5.82 Å². The van der Waals surface area contributed by atoms with Gasteiger partial charge in [-0.2, -0.15) is 0 Å². The Kier molecular flexibility index (Phi) is 4.86. The third kappa shape index (κ3) is 3.84. The van der Waals surface area contributed by atoms with Crippen molar-refractivity contribution < 1.29 is 9.21 Å². The van der Waals surface area contributed by atoms with E-state index >= 15 is 0 Å². The highest BCUT2D eigenvalue weighted by Gasteiger charge is 2.25. The third-order valence-electron chi connectivity index (χ3n) is 4.92. The second kappa shape index (κ2) is 7.61. The lowest BCUT2D eigenvalue weighted by Crippen LogP contribution is -2.40. The van der Waals surface area contributed by atoms with Crippen LogP contribution < -0.4 is 10.2 Å². The molecule has 0 aliphatic carbocycles. The topological polar surface area (TPSA) is 89.1 Å². The number of anilines is 1. The van der Waals surface area contributed by atoms with Gasteiger partial charge >= 0.3 is 0 Å². The maximum absolute atomic E-state index is 12.4. The van der Waals surface area contributed by atoms with Crippen molar-refractivity contribution in [2.24, 2.45) is 5.92 Å². The van der Waals surface area contributed by atoms with Gasteiger partial charge in [-0.05, 0) is 31.9 Å². The summed E-state index contributed by atoms with van der Waals surface area (Å²) >= 11 is 0. The Morgan fingerprint density at radius 1 is 1.26 bits per heavy atom. The Hall–Kier alpha value is -3.16. The molecule has 4 rings (SSSR count). The molecule has 8 nitrogen and oxygen atoms in total. The fourth-order valence-electron chi connectivity index (χ4n) is 3.36. The van der Waals surface area contributed by atoms with E-state index in [1.165, 1.54) is 0 Å². The maximum atomic E-state index is 12.4. The van der Waals surface area contributed by atoms with Gasteiger partial charge in [0.25, 0.3) is 0 Å². The van der Waals surface area contributed by atoms with Gasteiger partial charge in [-0.25, -0.2) is 15.0 Å². The van der Waals surface area contributed by atoms with E-state index < -0.39 is 0 Å². The monoisotopic (exact) mass is 366 g/mol. The standard InChI is InChI=1S/C19H22N6O2/c1-14-20-6-9-25(14)18-11-17(22-13-23-18)24-7-4-15(5-8-24)19(26)21-12-16-3-2-10-27-16/h2-3,6,9-11,13,15H,4-5,7-8,12H2,1H3,(H,21,26). The number of nitrogens with zero attached hydrogens (tertiary/aromatic N) is 5. The van der Waals surface area contributed by atoms with Crippen LogP contribution in [0.3, 0.4) is 0 Å². The molecule has 4 heterocycles. The number of rotatable bonds is 5. The number of hydrogen-bond donors (Lipinski definition) is 1. The van der Waals surface area contributed by atoms with Crippen molar-refractivity contribution in [2.45, 2.75) is 26.3 Å². The molecular formula is C19H22N6O2. The first-order valence-electron chi connectivity index (χ1n) is 9.08. The summed E-state index contributed by atoms with van der Waals surface area (Å²) in [5.41, 5.74) is 0. The van der Waals surface area contributed by atoms with Crippen molar-refractivity contribution in [1.29, 1.82) is 0 Å². The zero-order valence-corrected chi connectivity index (χ0v) is 15.2. The zero-order chi connectivity index (χ0) is 18.6. The van der Waals surface area contributed by atoms with Crippen LogP contribution in [-0.2, 0) is 11.3 Å². The van der Waals surface area contributed by atoms with E-state index in [1.54, 1.807) is 18.8 Å². The molecule has 1 aliphatic heterocycles. The van der Waals surface area contributed by atoms with Gasteiger partial charge in [0, 0.05) is 37.5 Å². The number of piperidine rings is 1. The SMILES string of the molecule is Cc1nccn1-c1cc(N2CCC(C(=O)NCc3ccco3)CC2)ncn1. The van der Waals surface area contributed by atoms with Gasteiger partial charge in [-0.15, -0.1) is 0 Å². The van der Waals surface area contributed by atoms with Gasteiger partial charge in [0.15, 0.2) is 0 Å². The van der Waals surface area contributed by atoms with Gasteiger partial charge in [0.2, 0.25) is 5.91 Å². The summed E-state index contributed by atoms with van der Waals surface area (Å²) in [4.78, 5) is 27.6. The fraction of sp³-hybridized carbons (Fsp3) is 0.368. The molecule has 3 aromatic heterocycles. The molecule has 3 aromatic rings. The fourth-order valence-corrected chi connectivity index (χ4v) is 3.36. The molecule has 27 heavy (non-hydrogen) atoms. The van der Waals surface area contributed by atoms with Gasteiger partial charge in [-0.3, -0.25) is 9.36 Å². The van der Waals surface area contributed by atoms with E-state index in [2.05, 4.69) is 25.2 Å². The Labute approximate surface area is 157 Å². The molecule has 0 atom stereocenters. The number of aromatic nitrogens is 4. The summed E-state index contributed by atoms with van der Waals surface area (Å²) in [7, 11) is 0. The largest absolute Gasteiger partial charge is 0.467 e. The molecule has 0 unspecified atom stereocenters. The molecule has 0 aromatic carbocycles. The molecule has 0 spiro atoms. The summed E-state index contributed by atoms with van der Waals surface area (Å²) in [6.45, 7) is 3.95. The van der Waals surface area contributed by atoms with Crippen LogP contribution >= 0.6 is 0 Å². The highest BCUT2D eigenvalue weighted by molar-refractivity contribution is 5.78. The molecule has 1 fully saturated rings. The van der Waals surface area contributed by atoms with Crippen LogP contribution in [0.5, 0.6) is 0 Å². The van der Waals surface area contributed by atoms with Crippen molar-refractivity contribution in [2.75, 3.05) is 18.0 Å². The summed E-state index contributed by atoms with van der Waals surface area (Å²) in [5, 5.41) is 2.96. The highest BCUT2D eigenvalue weighted by atomic mass is 16.3. The smallest absolute Gasteiger partial charge is 0.223 e. The average molecular weight is 366 g/mol. The molecule has 8 heteroatoms. The number of carbonyl (C=O) groups excluding carboxylic acids is 1. The minimum atomic E-state index is 0.0217. The second-order valence-corrected chi connectivity index (χ2v) is 6.64. The number of aryl methyl sites for hydroxylation is 1. The number of nitrogens with one attached hydrogen (secondary N) is 1. The summed E-state index contributed by atoms with van der Waals surface area (Å²) in [5.74, 6) is 3.43. The minimum absolute atomic E-state index is 0.0217. The van der Waals surface area contributed by atoms with Gasteiger partial charge in [0.1, 0.15) is 29.5 Å². The Morgan fingerprint density at radius 3 is 2.78 bits per heavy atom. The first kappa shape index (κ1) is 17.3. The average Bonchev–Trinajstić information content (AvgIpc) is 3.38. The normalized spacial score (nSPS) is 15.1. The van der Waals surface area contributed by atoms with Gasteiger partial charge in [0.05, 0.1) is 12.8 Å². The molecule has 1 saturated heterocycles. The van der Waals surface area contributed by atoms with Crippen LogP contribution in [0.25, 0.3) is 5.82 Å². The molecule has 0 bridgehead atoms. The maximum Gasteiger partial charge on any atom is 0.223 e. The molecule has 0 saturated carbocycles. The van der Waals surface area contributed by atoms with Crippen LogP contribution in [-0.4, -0.2) is 38.5 Å². The minimum Gasteiger partial charge on any atom is -0.467 e. The zero-order valence-electron chi connectivity index (χ0n) is 15.2. The highest BCUT2D eigenvalue weighted by Crippen LogP contribution is 2.23. The van der Waals surface area contributed by atoms with Gasteiger partial charge in [-0.1, -0.05) is 0 Å². The van der Waals surface area contributed by atoms with E-state index in [0.29, 0.717) is 6.54 Å². The predicted molar refractivity (Wildman–Crippen MR) is 99.4 cm³/mol. The molecular weight excluding hydrogens is 344 g/mol. The molecule has 1 aliphatic rings. The molecule has 0 radical (unpaired) electrons. The van der Waals surface area contributed by atoms with Crippen molar-refractivity contribution in [1.82, 2.24) is 24.8 Å². The summed E-state index contributed by atoms with van der Waals surface area (Å²) in [6.07, 6.45) is 8.43. The lowest BCUT2D eigenvalue weighted by Gasteiger charge is -2.32. The number of carbonyl (C=O) groups is 1. The van der Waals surface area contributed by atoms with E-state index in [-0.39, 0.29) is 11.8 Å². The number of imidazole rings is 1. The lowest BCUT2D eigenvalue weighted by molar-refractivity contribution is -0.125. The molecule has 1 amide bonds. The Morgan fingerprint density at radius 2 is 2.07 bits per heavy atom. The van der Waals surface area contributed by atoms with E-state index in [0.717, 1.165) is 49.2 Å². The van der Waals surface area contributed by atoms with Crippen LogP contribution in [0.2, 0.25) is 0 Å². The van der Waals surface area contributed by atoms with Gasteiger partial charge < -0.3 is 14.6 Å². The number of furan rings is 1. The van der Waals surface area contributed by atoms with E-state index in [4.69, 9.17) is 4.42 Å².